The first-order valence-corrected chi connectivity index (χ1v) is 5.12. The minimum atomic E-state index is -0.592. The molecule has 1 heterocycles. The molecule has 1 aliphatic heterocycles. The molecule has 0 aliphatic carbocycles. The third-order valence-electron chi connectivity index (χ3n) is 2.16. The Balaban J connectivity index is 2.45. The molecule has 13 heavy (non-hydrogen) atoms. The van der Waals surface area contributed by atoms with Crippen molar-refractivity contribution in [1.82, 2.24) is 0 Å². The minimum absolute atomic E-state index is 0.286. The average molecular weight is 291 g/mol. The van der Waals surface area contributed by atoms with E-state index in [0.29, 0.717) is 0 Å². The SMILES string of the molecule is N[C@H]1c2cc(I)ccc2OC[C@H]1O. The fraction of sp³-hybridized carbons (Fsp3) is 0.333. The summed E-state index contributed by atoms with van der Waals surface area (Å²) in [5.41, 5.74) is 6.72. The summed E-state index contributed by atoms with van der Waals surface area (Å²) in [5, 5.41) is 9.46. The van der Waals surface area contributed by atoms with E-state index in [2.05, 4.69) is 22.6 Å². The van der Waals surface area contributed by atoms with E-state index < -0.39 is 6.10 Å². The second-order valence-electron chi connectivity index (χ2n) is 3.09. The van der Waals surface area contributed by atoms with E-state index in [1.54, 1.807) is 0 Å². The third kappa shape index (κ3) is 1.66. The van der Waals surface area contributed by atoms with Gasteiger partial charge in [-0.15, -0.1) is 0 Å². The monoisotopic (exact) mass is 291 g/mol. The molecule has 70 valence electrons. The van der Waals surface area contributed by atoms with Crippen LogP contribution in [0, 0.1) is 3.57 Å². The van der Waals surface area contributed by atoms with Crippen molar-refractivity contribution in [3.8, 4) is 5.75 Å². The van der Waals surface area contributed by atoms with Gasteiger partial charge in [0.2, 0.25) is 0 Å². The highest BCUT2D eigenvalue weighted by Gasteiger charge is 2.26. The van der Waals surface area contributed by atoms with Crippen LogP contribution in [-0.2, 0) is 0 Å². The van der Waals surface area contributed by atoms with Crippen LogP contribution in [-0.4, -0.2) is 17.8 Å². The number of ether oxygens (including phenoxy) is 1. The molecule has 2 atom stereocenters. The van der Waals surface area contributed by atoms with E-state index in [1.165, 1.54) is 0 Å². The van der Waals surface area contributed by atoms with Gasteiger partial charge in [-0.2, -0.15) is 0 Å². The number of aliphatic hydroxyl groups is 1. The number of fused-ring (bicyclic) bond motifs is 1. The zero-order chi connectivity index (χ0) is 9.42. The third-order valence-corrected chi connectivity index (χ3v) is 2.83. The van der Waals surface area contributed by atoms with Gasteiger partial charge in [0.05, 0.1) is 6.04 Å². The van der Waals surface area contributed by atoms with Crippen molar-refractivity contribution >= 4 is 22.6 Å². The Morgan fingerprint density at radius 3 is 3.08 bits per heavy atom. The number of aliphatic hydroxyl groups excluding tert-OH is 1. The predicted octanol–water partition coefficient (Wildman–Crippen LogP) is 1.04. The van der Waals surface area contributed by atoms with Crippen LogP contribution in [0.2, 0.25) is 0 Å². The van der Waals surface area contributed by atoms with Crippen LogP contribution in [0.15, 0.2) is 18.2 Å². The molecule has 0 amide bonds. The highest BCUT2D eigenvalue weighted by atomic mass is 127. The highest BCUT2D eigenvalue weighted by molar-refractivity contribution is 14.1. The Bertz CT molecular complexity index is 329. The zero-order valence-electron chi connectivity index (χ0n) is 6.90. The maximum absolute atomic E-state index is 9.46. The number of benzene rings is 1. The number of nitrogens with two attached hydrogens (primary N) is 1. The molecule has 0 unspecified atom stereocenters. The molecular formula is C9H10INO2. The Labute approximate surface area is 90.0 Å². The van der Waals surface area contributed by atoms with Crippen molar-refractivity contribution in [2.75, 3.05) is 6.61 Å². The van der Waals surface area contributed by atoms with Crippen LogP contribution in [0.4, 0.5) is 0 Å². The lowest BCUT2D eigenvalue weighted by molar-refractivity contribution is 0.0678. The summed E-state index contributed by atoms with van der Waals surface area (Å²) in [6, 6.07) is 5.48. The number of rotatable bonds is 0. The van der Waals surface area contributed by atoms with Gasteiger partial charge >= 0.3 is 0 Å². The molecule has 3 N–H and O–H groups in total. The van der Waals surface area contributed by atoms with Gasteiger partial charge in [0.15, 0.2) is 0 Å². The van der Waals surface area contributed by atoms with Crippen molar-refractivity contribution in [1.29, 1.82) is 0 Å². The number of hydrogen-bond donors (Lipinski definition) is 2. The van der Waals surface area contributed by atoms with Crippen LogP contribution in [0.3, 0.4) is 0 Å². The summed E-state index contributed by atoms with van der Waals surface area (Å²) >= 11 is 2.21. The van der Waals surface area contributed by atoms with Crippen molar-refractivity contribution in [3.05, 3.63) is 27.3 Å². The Morgan fingerprint density at radius 1 is 1.54 bits per heavy atom. The van der Waals surface area contributed by atoms with Gasteiger partial charge in [-0.25, -0.2) is 0 Å². The predicted molar refractivity (Wildman–Crippen MR) is 57.6 cm³/mol. The van der Waals surface area contributed by atoms with Crippen molar-refractivity contribution in [2.24, 2.45) is 5.73 Å². The molecule has 3 nitrogen and oxygen atoms in total. The summed E-state index contributed by atoms with van der Waals surface area (Å²) < 4.78 is 6.43. The van der Waals surface area contributed by atoms with Crippen LogP contribution in [0.25, 0.3) is 0 Å². The molecule has 0 aromatic heterocycles. The molecule has 1 aromatic rings. The summed E-state index contributed by atoms with van der Waals surface area (Å²) in [6.07, 6.45) is -0.592. The van der Waals surface area contributed by atoms with E-state index in [9.17, 15) is 5.11 Å². The van der Waals surface area contributed by atoms with Crippen LogP contribution < -0.4 is 10.5 Å². The number of hydrogen-bond acceptors (Lipinski definition) is 3. The van der Waals surface area contributed by atoms with E-state index in [0.717, 1.165) is 14.9 Å². The van der Waals surface area contributed by atoms with Crippen LogP contribution >= 0.6 is 22.6 Å². The summed E-state index contributed by atoms with van der Waals surface area (Å²) in [5.74, 6) is 0.790. The lowest BCUT2D eigenvalue weighted by Crippen LogP contribution is -2.35. The second kappa shape index (κ2) is 3.43. The lowest BCUT2D eigenvalue weighted by atomic mass is 9.99. The van der Waals surface area contributed by atoms with E-state index >= 15 is 0 Å². The fourth-order valence-corrected chi connectivity index (χ4v) is 1.91. The van der Waals surface area contributed by atoms with Gasteiger partial charge in [0, 0.05) is 9.13 Å². The van der Waals surface area contributed by atoms with Crippen molar-refractivity contribution in [2.45, 2.75) is 12.1 Å². The first kappa shape index (κ1) is 9.23. The maximum atomic E-state index is 9.46. The smallest absolute Gasteiger partial charge is 0.124 e. The van der Waals surface area contributed by atoms with Crippen molar-refractivity contribution in [3.63, 3.8) is 0 Å². The fourth-order valence-electron chi connectivity index (χ4n) is 1.40. The van der Waals surface area contributed by atoms with Gasteiger partial charge in [-0.05, 0) is 40.8 Å². The molecule has 1 aromatic carbocycles. The van der Waals surface area contributed by atoms with Gasteiger partial charge < -0.3 is 15.6 Å². The van der Waals surface area contributed by atoms with E-state index in [4.69, 9.17) is 10.5 Å². The Hall–Kier alpha value is -0.330. The zero-order valence-corrected chi connectivity index (χ0v) is 9.06. The normalized spacial score (nSPS) is 26.4. The van der Waals surface area contributed by atoms with E-state index in [1.807, 2.05) is 18.2 Å². The second-order valence-corrected chi connectivity index (χ2v) is 4.33. The molecule has 1 aliphatic rings. The average Bonchev–Trinajstić information content (AvgIpc) is 2.12. The summed E-state index contributed by atoms with van der Waals surface area (Å²) in [7, 11) is 0. The van der Waals surface area contributed by atoms with Gasteiger partial charge in [0.1, 0.15) is 18.5 Å². The minimum Gasteiger partial charge on any atom is -0.490 e. The molecule has 0 saturated heterocycles. The first-order valence-electron chi connectivity index (χ1n) is 4.04. The van der Waals surface area contributed by atoms with Gasteiger partial charge in [-0.1, -0.05) is 0 Å². The van der Waals surface area contributed by atoms with Gasteiger partial charge in [0.25, 0.3) is 0 Å². The molecule has 0 bridgehead atoms. The standard InChI is InChI=1S/C9H10INO2/c10-5-1-2-8-6(3-5)9(11)7(12)4-13-8/h1-3,7,9,12H,4,11H2/t7-,9+/m1/s1. The maximum Gasteiger partial charge on any atom is 0.124 e. The Morgan fingerprint density at radius 2 is 2.31 bits per heavy atom. The van der Waals surface area contributed by atoms with Crippen molar-refractivity contribution < 1.29 is 9.84 Å². The topological polar surface area (TPSA) is 55.5 Å². The molecule has 0 radical (unpaired) electrons. The van der Waals surface area contributed by atoms with Crippen LogP contribution in [0.5, 0.6) is 5.75 Å². The summed E-state index contributed by atoms with van der Waals surface area (Å²) in [6.45, 7) is 0.286. The molecule has 0 spiro atoms. The summed E-state index contributed by atoms with van der Waals surface area (Å²) in [4.78, 5) is 0. The highest BCUT2D eigenvalue weighted by Crippen LogP contribution is 2.31. The molecule has 2 rings (SSSR count). The Kier molecular flexibility index (Phi) is 2.44. The molecule has 0 fully saturated rings. The van der Waals surface area contributed by atoms with Crippen LogP contribution in [0.1, 0.15) is 11.6 Å². The quantitative estimate of drug-likeness (QED) is 0.702. The molecule has 4 heteroatoms. The molecule has 0 saturated carbocycles. The first-order chi connectivity index (χ1) is 6.18. The van der Waals surface area contributed by atoms with Gasteiger partial charge in [-0.3, -0.25) is 0 Å². The lowest BCUT2D eigenvalue weighted by Gasteiger charge is -2.27. The largest absolute Gasteiger partial charge is 0.490 e. The number of halogens is 1. The molecular weight excluding hydrogens is 281 g/mol. The van der Waals surface area contributed by atoms with E-state index in [-0.39, 0.29) is 12.6 Å².